The van der Waals surface area contributed by atoms with Crippen molar-refractivity contribution in [1.29, 1.82) is 0 Å². The lowest BCUT2D eigenvalue weighted by Crippen LogP contribution is -2.51. The monoisotopic (exact) mass is 457 g/mol. The molecule has 4 rings (SSSR count). The van der Waals surface area contributed by atoms with Gasteiger partial charge in [-0.25, -0.2) is 0 Å². The van der Waals surface area contributed by atoms with Crippen molar-refractivity contribution >= 4 is 0 Å². The van der Waals surface area contributed by atoms with E-state index < -0.39 is 0 Å². The van der Waals surface area contributed by atoms with Crippen molar-refractivity contribution in [1.82, 2.24) is 4.90 Å². The topological polar surface area (TPSA) is 12.5 Å². The van der Waals surface area contributed by atoms with E-state index in [-0.39, 0.29) is 0 Å². The Balaban J connectivity index is 1.41. The molecular weight excluding hydrogens is 402 g/mol. The summed E-state index contributed by atoms with van der Waals surface area (Å²) in [4.78, 5) is 2.23. The Kier molecular flexibility index (Phi) is 8.06. The van der Waals surface area contributed by atoms with Gasteiger partial charge in [-0.3, -0.25) is 0 Å². The Morgan fingerprint density at radius 1 is 1.00 bits per heavy atom. The molecule has 0 radical (unpaired) electrons. The summed E-state index contributed by atoms with van der Waals surface area (Å²) in [6.45, 7) is 14.7. The first-order chi connectivity index (χ1) is 15.6. The fourth-order valence-electron chi connectivity index (χ4n) is 9.20. The highest BCUT2D eigenvalue weighted by atomic mass is 16.5. The van der Waals surface area contributed by atoms with E-state index in [1.165, 1.54) is 70.6 Å². The second-order valence-corrected chi connectivity index (χ2v) is 13.8. The molecule has 190 valence electrons. The Morgan fingerprint density at radius 2 is 1.79 bits per heavy atom. The molecule has 0 saturated heterocycles. The van der Waals surface area contributed by atoms with E-state index in [4.69, 9.17) is 4.74 Å². The van der Waals surface area contributed by atoms with Gasteiger partial charge in [0.15, 0.2) is 0 Å². The summed E-state index contributed by atoms with van der Waals surface area (Å²) in [6, 6.07) is 0. The van der Waals surface area contributed by atoms with Crippen molar-refractivity contribution in [2.45, 2.75) is 111 Å². The quantitative estimate of drug-likeness (QED) is 0.325. The van der Waals surface area contributed by atoms with Crippen LogP contribution in [0.3, 0.4) is 0 Å². The number of hydrogen-bond acceptors (Lipinski definition) is 2. The van der Waals surface area contributed by atoms with Gasteiger partial charge in [0.05, 0.1) is 12.7 Å². The van der Waals surface area contributed by atoms with Gasteiger partial charge in [0.2, 0.25) is 0 Å². The molecular formula is C31H55NO. The highest BCUT2D eigenvalue weighted by molar-refractivity contribution is 5.25. The third-order valence-electron chi connectivity index (χ3n) is 11.2. The maximum Gasteiger partial charge on any atom is 0.0613 e. The number of allylic oxidation sites excluding steroid dienone is 1. The average Bonchev–Trinajstić information content (AvgIpc) is 3.10. The molecule has 0 spiro atoms. The molecule has 2 nitrogen and oxygen atoms in total. The van der Waals surface area contributed by atoms with Crippen molar-refractivity contribution in [3.63, 3.8) is 0 Å². The molecule has 33 heavy (non-hydrogen) atoms. The van der Waals surface area contributed by atoms with E-state index in [1.807, 2.05) is 0 Å². The van der Waals surface area contributed by atoms with E-state index in [1.54, 1.807) is 5.57 Å². The minimum atomic E-state index is 0.451. The fraction of sp³-hybridized carbons (Fsp3) is 0.935. The van der Waals surface area contributed by atoms with Crippen LogP contribution in [0.4, 0.5) is 0 Å². The second kappa shape index (κ2) is 10.3. The zero-order valence-electron chi connectivity index (χ0n) is 23.2. The number of fused-ring (bicyclic) bond motifs is 5. The predicted octanol–water partition coefficient (Wildman–Crippen LogP) is 7.97. The van der Waals surface area contributed by atoms with Crippen molar-refractivity contribution in [3.8, 4) is 0 Å². The van der Waals surface area contributed by atoms with E-state index in [0.717, 1.165) is 48.7 Å². The van der Waals surface area contributed by atoms with Gasteiger partial charge < -0.3 is 9.64 Å². The van der Waals surface area contributed by atoms with E-state index in [0.29, 0.717) is 16.9 Å². The molecule has 3 saturated carbocycles. The Morgan fingerprint density at radius 3 is 2.52 bits per heavy atom. The fourth-order valence-corrected chi connectivity index (χ4v) is 9.20. The second-order valence-electron chi connectivity index (χ2n) is 13.8. The minimum absolute atomic E-state index is 0.451. The van der Waals surface area contributed by atoms with Crippen LogP contribution in [0.5, 0.6) is 0 Å². The number of rotatable bonds is 9. The summed E-state index contributed by atoms with van der Waals surface area (Å²) < 4.78 is 6.31. The summed E-state index contributed by atoms with van der Waals surface area (Å²) in [5.74, 6) is 5.57. The molecule has 3 fully saturated rings. The van der Waals surface area contributed by atoms with Gasteiger partial charge in [0.1, 0.15) is 0 Å². The third-order valence-corrected chi connectivity index (χ3v) is 11.2. The first-order valence-corrected chi connectivity index (χ1v) is 14.6. The maximum absolute atomic E-state index is 6.31. The molecule has 0 aromatic rings. The van der Waals surface area contributed by atoms with Gasteiger partial charge in [-0.05, 0) is 112 Å². The lowest BCUT2D eigenvalue weighted by molar-refractivity contribution is -0.0644. The number of hydrogen-bond donors (Lipinski definition) is 0. The van der Waals surface area contributed by atoms with E-state index >= 15 is 0 Å². The standard InChI is InChI=1S/C31H55NO/c1-22(2)9-8-10-23(3)27-13-14-28-26-12-11-24-21-25(33-20-19-32(6)7)15-17-30(24,4)29(26)16-18-31(27,28)5/h11,22-23,25-29H,8-10,12-21H2,1-7H3/t23-,25+,26?,27-,28?,29?,30+,31-/m1/s1. The molecule has 3 unspecified atom stereocenters. The molecule has 0 aromatic carbocycles. The molecule has 4 aliphatic rings. The van der Waals surface area contributed by atoms with Crippen molar-refractivity contribution in [2.75, 3.05) is 27.2 Å². The lowest BCUT2D eigenvalue weighted by Gasteiger charge is -2.58. The Bertz CT molecular complexity index is 682. The van der Waals surface area contributed by atoms with Crippen LogP contribution in [-0.2, 0) is 4.74 Å². The van der Waals surface area contributed by atoms with Crippen molar-refractivity contribution < 1.29 is 4.74 Å². The molecule has 0 bridgehead atoms. The van der Waals surface area contributed by atoms with Crippen LogP contribution in [0, 0.1) is 46.3 Å². The smallest absolute Gasteiger partial charge is 0.0613 e. The van der Waals surface area contributed by atoms with Crippen LogP contribution in [0.1, 0.15) is 105 Å². The first kappa shape index (κ1) is 25.7. The van der Waals surface area contributed by atoms with Crippen LogP contribution in [0.2, 0.25) is 0 Å². The molecule has 2 heteroatoms. The summed E-state index contributed by atoms with van der Waals surface area (Å²) in [5.41, 5.74) is 2.82. The molecule has 0 heterocycles. The van der Waals surface area contributed by atoms with Gasteiger partial charge in [-0.2, -0.15) is 0 Å². The summed E-state index contributed by atoms with van der Waals surface area (Å²) in [6.07, 6.45) is 18.6. The normalized spacial score (nSPS) is 41.5. The average molecular weight is 458 g/mol. The molecule has 0 amide bonds. The molecule has 0 aromatic heterocycles. The van der Waals surface area contributed by atoms with Gasteiger partial charge >= 0.3 is 0 Å². The van der Waals surface area contributed by atoms with Gasteiger partial charge in [0.25, 0.3) is 0 Å². The highest BCUT2D eigenvalue weighted by Gasteiger charge is 2.59. The molecule has 0 N–H and O–H groups in total. The summed E-state index contributed by atoms with van der Waals surface area (Å²) in [5, 5.41) is 0. The predicted molar refractivity (Wildman–Crippen MR) is 141 cm³/mol. The van der Waals surface area contributed by atoms with Crippen LogP contribution < -0.4 is 0 Å². The van der Waals surface area contributed by atoms with E-state index in [2.05, 4.69) is 59.7 Å². The van der Waals surface area contributed by atoms with E-state index in [9.17, 15) is 0 Å². The molecule has 0 aliphatic heterocycles. The number of nitrogens with zero attached hydrogens (tertiary/aromatic N) is 1. The summed E-state index contributed by atoms with van der Waals surface area (Å²) in [7, 11) is 4.28. The number of ether oxygens (including phenoxy) is 1. The Labute approximate surface area is 206 Å². The van der Waals surface area contributed by atoms with Crippen molar-refractivity contribution in [2.24, 2.45) is 46.3 Å². The van der Waals surface area contributed by atoms with Crippen LogP contribution in [0.15, 0.2) is 11.6 Å². The Hall–Kier alpha value is -0.340. The van der Waals surface area contributed by atoms with Gasteiger partial charge in [-0.1, -0.05) is 65.5 Å². The SMILES string of the molecule is CC(C)CCC[C@@H](C)[C@H]1CCC2C3CC=C4C[C@@H](OCCN(C)C)CC[C@]4(C)C3CC[C@@]21C. The first-order valence-electron chi connectivity index (χ1n) is 14.6. The highest BCUT2D eigenvalue weighted by Crippen LogP contribution is 2.67. The van der Waals surface area contributed by atoms with Crippen LogP contribution in [-0.4, -0.2) is 38.3 Å². The maximum atomic E-state index is 6.31. The largest absolute Gasteiger partial charge is 0.377 e. The molecule has 8 atom stereocenters. The van der Waals surface area contributed by atoms with Crippen LogP contribution in [0.25, 0.3) is 0 Å². The zero-order chi connectivity index (χ0) is 23.8. The van der Waals surface area contributed by atoms with Crippen LogP contribution >= 0.6 is 0 Å². The molecule has 4 aliphatic carbocycles. The summed E-state index contributed by atoms with van der Waals surface area (Å²) >= 11 is 0. The third kappa shape index (κ3) is 5.13. The zero-order valence-corrected chi connectivity index (χ0v) is 23.2. The van der Waals surface area contributed by atoms with Gasteiger partial charge in [-0.15, -0.1) is 0 Å². The lowest BCUT2D eigenvalue weighted by atomic mass is 9.47. The number of likely N-dealkylation sites (N-methyl/N-ethyl adjacent to an activating group) is 1. The minimum Gasteiger partial charge on any atom is -0.377 e. The van der Waals surface area contributed by atoms with Crippen molar-refractivity contribution in [3.05, 3.63) is 11.6 Å². The van der Waals surface area contributed by atoms with Gasteiger partial charge in [0, 0.05) is 6.54 Å².